The minimum atomic E-state index is 0.0420. The summed E-state index contributed by atoms with van der Waals surface area (Å²) in [5, 5.41) is 0. The zero-order chi connectivity index (χ0) is 16.4. The second-order valence-corrected chi connectivity index (χ2v) is 7.01. The van der Waals surface area contributed by atoms with Crippen LogP contribution in [-0.2, 0) is 13.1 Å². The van der Waals surface area contributed by atoms with Crippen LogP contribution in [0.15, 0.2) is 35.8 Å². The lowest BCUT2D eigenvalue weighted by Crippen LogP contribution is -2.36. The molecule has 6 nitrogen and oxygen atoms in total. The molecule has 4 rings (SSSR count). The summed E-state index contributed by atoms with van der Waals surface area (Å²) in [5.41, 5.74) is 1.24. The van der Waals surface area contributed by atoms with Gasteiger partial charge >= 0.3 is 0 Å². The van der Waals surface area contributed by atoms with Crippen molar-refractivity contribution in [2.45, 2.75) is 44.7 Å². The summed E-state index contributed by atoms with van der Waals surface area (Å²) in [5.74, 6) is 2.18. The molecule has 3 heterocycles. The molecule has 0 N–H and O–H groups in total. The summed E-state index contributed by atoms with van der Waals surface area (Å²) in [6, 6.07) is 1.53. The van der Waals surface area contributed by atoms with Crippen molar-refractivity contribution in [3.05, 3.63) is 52.7 Å². The van der Waals surface area contributed by atoms with E-state index in [1.165, 1.54) is 24.5 Å². The molecule has 0 radical (unpaired) electrons. The van der Waals surface area contributed by atoms with Crippen molar-refractivity contribution >= 4 is 0 Å². The molecule has 0 amide bonds. The van der Waals surface area contributed by atoms with Crippen LogP contribution >= 0.6 is 0 Å². The Balaban J connectivity index is 1.28. The zero-order valence-corrected chi connectivity index (χ0v) is 13.8. The molecule has 0 bridgehead atoms. The summed E-state index contributed by atoms with van der Waals surface area (Å²) in [4.78, 5) is 27.3. The third kappa shape index (κ3) is 3.70. The van der Waals surface area contributed by atoms with Gasteiger partial charge in [-0.2, -0.15) is 0 Å². The average molecular weight is 325 g/mol. The van der Waals surface area contributed by atoms with E-state index >= 15 is 0 Å². The van der Waals surface area contributed by atoms with Gasteiger partial charge in [0.15, 0.2) is 0 Å². The van der Waals surface area contributed by atoms with Gasteiger partial charge in [-0.3, -0.25) is 14.3 Å². The first-order valence-corrected chi connectivity index (χ1v) is 8.81. The number of piperidine rings is 1. The van der Waals surface area contributed by atoms with Crippen LogP contribution in [0.1, 0.15) is 43.0 Å². The van der Waals surface area contributed by atoms with Crippen molar-refractivity contribution in [2.75, 3.05) is 13.1 Å². The topological polar surface area (TPSA) is 63.9 Å². The molecular formula is C18H23N5O. The minimum Gasteiger partial charge on any atom is -0.299 e. The molecular weight excluding hydrogens is 302 g/mol. The standard InChI is InChI=1S/C18H23N5O/c24-17-3-6-19-13-23(17)12-14-4-7-22(8-5-14)11-15-9-20-18(21-10-15)16-1-2-16/h3,6,9-10,13-14,16H,1-2,4-5,7-8,11-12H2. The van der Waals surface area contributed by atoms with Crippen molar-refractivity contribution in [3.63, 3.8) is 0 Å². The Morgan fingerprint density at radius 1 is 1.08 bits per heavy atom. The van der Waals surface area contributed by atoms with Gasteiger partial charge in [0.25, 0.3) is 5.56 Å². The van der Waals surface area contributed by atoms with Crippen LogP contribution in [-0.4, -0.2) is 37.5 Å². The van der Waals surface area contributed by atoms with E-state index in [0.717, 1.165) is 44.8 Å². The third-order valence-electron chi connectivity index (χ3n) is 5.03. The normalized spacial score (nSPS) is 19.5. The maximum atomic E-state index is 11.8. The van der Waals surface area contributed by atoms with E-state index in [1.54, 1.807) is 17.1 Å². The number of rotatable bonds is 5. The molecule has 2 aromatic heterocycles. The Kier molecular flexibility index (Phi) is 4.38. The van der Waals surface area contributed by atoms with Gasteiger partial charge in [-0.05, 0) is 44.7 Å². The molecule has 1 saturated heterocycles. The Morgan fingerprint density at radius 2 is 1.83 bits per heavy atom. The van der Waals surface area contributed by atoms with Crippen LogP contribution in [0, 0.1) is 5.92 Å². The largest absolute Gasteiger partial charge is 0.299 e. The van der Waals surface area contributed by atoms with E-state index in [1.807, 2.05) is 12.4 Å². The van der Waals surface area contributed by atoms with Gasteiger partial charge in [0.2, 0.25) is 0 Å². The first-order chi connectivity index (χ1) is 11.8. The highest BCUT2D eigenvalue weighted by Gasteiger charge is 2.26. The summed E-state index contributed by atoms with van der Waals surface area (Å²) < 4.78 is 1.73. The monoisotopic (exact) mass is 325 g/mol. The van der Waals surface area contributed by atoms with Gasteiger partial charge in [-0.25, -0.2) is 15.0 Å². The molecule has 2 aromatic rings. The molecule has 2 fully saturated rings. The van der Waals surface area contributed by atoms with Gasteiger partial charge in [-0.1, -0.05) is 0 Å². The second-order valence-electron chi connectivity index (χ2n) is 7.01. The van der Waals surface area contributed by atoms with Crippen LogP contribution in [0.25, 0.3) is 0 Å². The van der Waals surface area contributed by atoms with E-state index in [0.29, 0.717) is 11.8 Å². The number of hydrogen-bond donors (Lipinski definition) is 0. The van der Waals surface area contributed by atoms with Gasteiger partial charge in [-0.15, -0.1) is 0 Å². The quantitative estimate of drug-likeness (QED) is 0.839. The van der Waals surface area contributed by atoms with Crippen molar-refractivity contribution in [3.8, 4) is 0 Å². The Bertz CT molecular complexity index is 730. The molecule has 1 aliphatic heterocycles. The van der Waals surface area contributed by atoms with Crippen molar-refractivity contribution in [2.24, 2.45) is 5.92 Å². The fraction of sp³-hybridized carbons (Fsp3) is 0.556. The first-order valence-electron chi connectivity index (χ1n) is 8.81. The molecule has 126 valence electrons. The highest BCUT2D eigenvalue weighted by Crippen LogP contribution is 2.37. The maximum Gasteiger partial charge on any atom is 0.253 e. The fourth-order valence-corrected chi connectivity index (χ4v) is 3.38. The van der Waals surface area contributed by atoms with E-state index in [4.69, 9.17) is 0 Å². The third-order valence-corrected chi connectivity index (χ3v) is 5.03. The van der Waals surface area contributed by atoms with E-state index in [2.05, 4.69) is 19.9 Å². The predicted octanol–water partition coefficient (Wildman–Crippen LogP) is 1.82. The van der Waals surface area contributed by atoms with Gasteiger partial charge in [0.1, 0.15) is 5.82 Å². The molecule has 2 aliphatic rings. The minimum absolute atomic E-state index is 0.0420. The highest BCUT2D eigenvalue weighted by molar-refractivity contribution is 5.10. The number of aromatic nitrogens is 4. The van der Waals surface area contributed by atoms with Crippen molar-refractivity contribution in [1.82, 2.24) is 24.4 Å². The molecule has 1 aliphatic carbocycles. The Morgan fingerprint density at radius 3 is 2.50 bits per heavy atom. The molecule has 6 heteroatoms. The number of hydrogen-bond acceptors (Lipinski definition) is 5. The molecule has 0 spiro atoms. The average Bonchev–Trinajstić information content (AvgIpc) is 3.44. The van der Waals surface area contributed by atoms with Crippen LogP contribution in [0.3, 0.4) is 0 Å². The molecule has 24 heavy (non-hydrogen) atoms. The maximum absolute atomic E-state index is 11.8. The smallest absolute Gasteiger partial charge is 0.253 e. The lowest BCUT2D eigenvalue weighted by Gasteiger charge is -2.32. The lowest BCUT2D eigenvalue weighted by molar-refractivity contribution is 0.166. The van der Waals surface area contributed by atoms with Crippen molar-refractivity contribution < 1.29 is 0 Å². The molecule has 0 atom stereocenters. The van der Waals surface area contributed by atoms with Gasteiger partial charge in [0.05, 0.1) is 6.33 Å². The molecule has 0 unspecified atom stereocenters. The highest BCUT2D eigenvalue weighted by atomic mass is 16.1. The SMILES string of the molecule is O=c1ccncn1CC1CCN(Cc2cnc(C3CC3)nc2)CC1. The number of nitrogens with zero attached hydrogens (tertiary/aromatic N) is 5. The zero-order valence-electron chi connectivity index (χ0n) is 13.8. The van der Waals surface area contributed by atoms with Crippen LogP contribution < -0.4 is 5.56 Å². The number of likely N-dealkylation sites (tertiary alicyclic amines) is 1. The Labute approximate surface area is 141 Å². The summed E-state index contributed by atoms with van der Waals surface area (Å²) >= 11 is 0. The molecule has 1 saturated carbocycles. The lowest BCUT2D eigenvalue weighted by atomic mass is 9.96. The van der Waals surface area contributed by atoms with Gasteiger partial charge < -0.3 is 0 Å². The summed E-state index contributed by atoms with van der Waals surface area (Å²) in [7, 11) is 0. The van der Waals surface area contributed by atoms with E-state index in [9.17, 15) is 4.79 Å². The second kappa shape index (κ2) is 6.81. The summed E-state index contributed by atoms with van der Waals surface area (Å²) in [6.45, 7) is 3.82. The predicted molar refractivity (Wildman–Crippen MR) is 90.5 cm³/mol. The van der Waals surface area contributed by atoms with E-state index in [-0.39, 0.29) is 5.56 Å². The van der Waals surface area contributed by atoms with Crippen LogP contribution in [0.5, 0.6) is 0 Å². The first kappa shape index (κ1) is 15.4. The van der Waals surface area contributed by atoms with Crippen LogP contribution in [0.2, 0.25) is 0 Å². The van der Waals surface area contributed by atoms with Gasteiger partial charge in [0, 0.05) is 49.2 Å². The van der Waals surface area contributed by atoms with Crippen molar-refractivity contribution in [1.29, 1.82) is 0 Å². The molecule has 0 aromatic carbocycles. The van der Waals surface area contributed by atoms with E-state index < -0.39 is 0 Å². The summed E-state index contributed by atoms with van der Waals surface area (Å²) in [6.07, 6.45) is 11.9. The fourth-order valence-electron chi connectivity index (χ4n) is 3.38. The van der Waals surface area contributed by atoms with Crippen LogP contribution in [0.4, 0.5) is 0 Å². The Hall–Kier alpha value is -2.08.